The average Bonchev–Trinajstić information content (AvgIpc) is 2.60. The molecule has 1 aliphatic heterocycles. The lowest BCUT2D eigenvalue weighted by atomic mass is 10.00. The second-order valence-electron chi connectivity index (χ2n) is 5.45. The predicted octanol–water partition coefficient (Wildman–Crippen LogP) is 3.60. The zero-order valence-corrected chi connectivity index (χ0v) is 12.1. The van der Waals surface area contributed by atoms with Crippen LogP contribution in [0.5, 0.6) is 0 Å². The Morgan fingerprint density at radius 2 is 2.24 bits per heavy atom. The maximum absolute atomic E-state index is 12.1. The molecule has 2 rings (SSSR count). The lowest BCUT2D eigenvalue weighted by Crippen LogP contribution is -2.40. The Morgan fingerprint density at radius 1 is 1.53 bits per heavy atom. The van der Waals surface area contributed by atoms with E-state index in [1.807, 2.05) is 25.7 Å². The first-order chi connectivity index (χ1) is 7.88. The van der Waals surface area contributed by atoms with Gasteiger partial charge < -0.3 is 9.64 Å². The molecule has 3 nitrogen and oxygen atoms in total. The van der Waals surface area contributed by atoms with Gasteiger partial charge in [0.2, 0.25) is 0 Å². The van der Waals surface area contributed by atoms with Gasteiger partial charge in [-0.15, -0.1) is 0 Å². The summed E-state index contributed by atoms with van der Waals surface area (Å²) in [4.78, 5) is 13.9. The minimum Gasteiger partial charge on any atom is -0.444 e. The third-order valence-electron chi connectivity index (χ3n) is 2.96. The number of likely N-dealkylation sites (tertiary alicyclic amines) is 1. The largest absolute Gasteiger partial charge is 0.444 e. The van der Waals surface area contributed by atoms with Gasteiger partial charge in [0, 0.05) is 11.0 Å². The molecule has 1 aliphatic carbocycles. The summed E-state index contributed by atoms with van der Waals surface area (Å²) in [5, 5.41) is 0. The van der Waals surface area contributed by atoms with Crippen molar-refractivity contribution >= 4 is 22.0 Å². The van der Waals surface area contributed by atoms with E-state index in [-0.39, 0.29) is 12.1 Å². The quantitative estimate of drug-likeness (QED) is 0.684. The van der Waals surface area contributed by atoms with Crippen LogP contribution in [0.15, 0.2) is 22.2 Å². The number of ether oxygens (including phenoxy) is 1. The molecule has 1 heterocycles. The Labute approximate surface area is 111 Å². The van der Waals surface area contributed by atoms with E-state index in [1.165, 1.54) is 5.57 Å². The number of hydrogen-bond acceptors (Lipinski definition) is 2. The second-order valence-corrected chi connectivity index (χ2v) is 6.31. The molecule has 1 unspecified atom stereocenters. The van der Waals surface area contributed by atoms with Crippen molar-refractivity contribution in [3.63, 3.8) is 0 Å². The van der Waals surface area contributed by atoms with E-state index in [4.69, 9.17) is 4.74 Å². The molecule has 0 saturated carbocycles. The van der Waals surface area contributed by atoms with Crippen LogP contribution in [0.1, 0.15) is 33.6 Å². The van der Waals surface area contributed by atoms with Crippen molar-refractivity contribution in [3.05, 3.63) is 22.2 Å². The van der Waals surface area contributed by atoms with Crippen molar-refractivity contribution in [2.45, 2.75) is 45.3 Å². The smallest absolute Gasteiger partial charge is 0.410 e. The van der Waals surface area contributed by atoms with Gasteiger partial charge in [-0.2, -0.15) is 0 Å². The number of fused-ring (bicyclic) bond motifs is 1. The molecule has 1 amide bonds. The van der Waals surface area contributed by atoms with Crippen molar-refractivity contribution < 1.29 is 9.53 Å². The zero-order valence-electron chi connectivity index (χ0n) is 10.5. The van der Waals surface area contributed by atoms with E-state index in [1.54, 1.807) is 0 Å². The minimum atomic E-state index is -0.425. The molecule has 17 heavy (non-hydrogen) atoms. The van der Waals surface area contributed by atoms with Gasteiger partial charge in [0.25, 0.3) is 0 Å². The van der Waals surface area contributed by atoms with Crippen molar-refractivity contribution in [3.8, 4) is 0 Å². The van der Waals surface area contributed by atoms with Crippen molar-refractivity contribution in [2.24, 2.45) is 0 Å². The minimum absolute atomic E-state index is 0.184. The number of carbonyl (C=O) groups excluding carboxylic acids is 1. The summed E-state index contributed by atoms with van der Waals surface area (Å²) in [6, 6.07) is 0.184. The Kier molecular flexibility index (Phi) is 3.34. The maximum Gasteiger partial charge on any atom is 0.410 e. The lowest BCUT2D eigenvalue weighted by Gasteiger charge is -2.29. The highest BCUT2D eigenvalue weighted by atomic mass is 79.9. The molecule has 0 spiro atoms. The summed E-state index contributed by atoms with van der Waals surface area (Å²) in [6.07, 6.45) is 5.80. The molecule has 0 bridgehead atoms. The van der Waals surface area contributed by atoms with Gasteiger partial charge in [0.15, 0.2) is 0 Å². The molecule has 0 aromatic rings. The molecule has 2 aliphatic rings. The third kappa shape index (κ3) is 2.73. The van der Waals surface area contributed by atoms with Crippen LogP contribution >= 0.6 is 15.9 Å². The van der Waals surface area contributed by atoms with Crippen LogP contribution in [-0.4, -0.2) is 29.2 Å². The van der Waals surface area contributed by atoms with Crippen molar-refractivity contribution in [2.75, 3.05) is 6.54 Å². The fourth-order valence-corrected chi connectivity index (χ4v) is 2.90. The van der Waals surface area contributed by atoms with Gasteiger partial charge >= 0.3 is 6.09 Å². The van der Waals surface area contributed by atoms with Crippen LogP contribution in [0.4, 0.5) is 4.79 Å². The summed E-state index contributed by atoms with van der Waals surface area (Å²) >= 11 is 3.55. The molecule has 4 heteroatoms. The molecule has 1 atom stereocenters. The van der Waals surface area contributed by atoms with Crippen LogP contribution in [0.3, 0.4) is 0 Å². The van der Waals surface area contributed by atoms with Gasteiger partial charge in [-0.3, -0.25) is 0 Å². The first-order valence-corrected chi connectivity index (χ1v) is 6.72. The summed E-state index contributed by atoms with van der Waals surface area (Å²) in [6.45, 7) is 6.45. The highest BCUT2D eigenvalue weighted by Crippen LogP contribution is 2.35. The van der Waals surface area contributed by atoms with Gasteiger partial charge in [0.1, 0.15) is 5.60 Å². The average molecular weight is 300 g/mol. The number of amides is 1. The number of rotatable bonds is 0. The monoisotopic (exact) mass is 299 g/mol. The molecule has 0 aromatic carbocycles. The summed E-state index contributed by atoms with van der Waals surface area (Å²) in [5.74, 6) is 0. The number of halogens is 1. The highest BCUT2D eigenvalue weighted by molar-refractivity contribution is 9.11. The Balaban J connectivity index is 2.10. The SMILES string of the molecule is CC(C)(C)OC(=O)N1CCC2=C(Br)C=CCC21. The van der Waals surface area contributed by atoms with Crippen molar-refractivity contribution in [1.29, 1.82) is 0 Å². The molecule has 0 aromatic heterocycles. The fourth-order valence-electron chi connectivity index (χ4n) is 2.25. The molecular formula is C13H18BrNO2. The Morgan fingerprint density at radius 3 is 2.88 bits per heavy atom. The number of hydrogen-bond donors (Lipinski definition) is 0. The van der Waals surface area contributed by atoms with E-state index in [9.17, 15) is 4.79 Å². The standard InChI is InChI=1S/C13H18BrNO2/c1-13(2,3)17-12(16)15-8-7-9-10(14)5-4-6-11(9)15/h4-5,11H,6-8H2,1-3H3. The number of carbonyl (C=O) groups is 1. The summed E-state index contributed by atoms with van der Waals surface area (Å²) in [7, 11) is 0. The molecule has 1 saturated heterocycles. The third-order valence-corrected chi connectivity index (χ3v) is 3.73. The Hall–Kier alpha value is -0.770. The number of allylic oxidation sites excluding steroid dienone is 2. The number of nitrogens with zero attached hydrogens (tertiary/aromatic N) is 1. The molecule has 0 radical (unpaired) electrons. The van der Waals surface area contributed by atoms with E-state index < -0.39 is 5.60 Å². The first-order valence-electron chi connectivity index (χ1n) is 5.93. The summed E-state index contributed by atoms with van der Waals surface area (Å²) in [5.41, 5.74) is 0.893. The van der Waals surface area contributed by atoms with Gasteiger partial charge in [-0.25, -0.2) is 4.79 Å². The van der Waals surface area contributed by atoms with E-state index in [0.717, 1.165) is 23.9 Å². The Bertz CT molecular complexity index is 393. The topological polar surface area (TPSA) is 29.5 Å². The molecular weight excluding hydrogens is 282 g/mol. The van der Waals surface area contributed by atoms with E-state index >= 15 is 0 Å². The maximum atomic E-state index is 12.1. The second kappa shape index (κ2) is 4.48. The fraction of sp³-hybridized carbons (Fsp3) is 0.615. The highest BCUT2D eigenvalue weighted by Gasteiger charge is 2.36. The predicted molar refractivity (Wildman–Crippen MR) is 71.1 cm³/mol. The van der Waals surface area contributed by atoms with Gasteiger partial charge in [0.05, 0.1) is 6.04 Å². The van der Waals surface area contributed by atoms with E-state index in [0.29, 0.717) is 0 Å². The molecule has 94 valence electrons. The summed E-state index contributed by atoms with van der Waals surface area (Å²) < 4.78 is 6.56. The van der Waals surface area contributed by atoms with E-state index in [2.05, 4.69) is 28.1 Å². The molecule has 1 fully saturated rings. The van der Waals surface area contributed by atoms with Crippen LogP contribution in [0.2, 0.25) is 0 Å². The first kappa shape index (κ1) is 12.7. The van der Waals surface area contributed by atoms with Crippen LogP contribution in [-0.2, 0) is 4.74 Å². The van der Waals surface area contributed by atoms with Crippen LogP contribution in [0, 0.1) is 0 Å². The van der Waals surface area contributed by atoms with Crippen LogP contribution < -0.4 is 0 Å². The van der Waals surface area contributed by atoms with Gasteiger partial charge in [-0.1, -0.05) is 28.1 Å². The van der Waals surface area contributed by atoms with Crippen molar-refractivity contribution in [1.82, 2.24) is 4.90 Å². The van der Waals surface area contributed by atoms with Crippen LogP contribution in [0.25, 0.3) is 0 Å². The molecule has 0 N–H and O–H groups in total. The van der Waals surface area contributed by atoms with Gasteiger partial charge in [-0.05, 0) is 39.2 Å². The lowest BCUT2D eigenvalue weighted by molar-refractivity contribution is 0.0239. The normalized spacial score (nSPS) is 24.0. The zero-order chi connectivity index (χ0) is 12.6.